The van der Waals surface area contributed by atoms with Crippen LogP contribution in [0.3, 0.4) is 0 Å². The molecule has 1 aliphatic rings. The van der Waals surface area contributed by atoms with Gasteiger partial charge in [0.25, 0.3) is 0 Å². The lowest BCUT2D eigenvalue weighted by molar-refractivity contribution is 0.357. The molecular formula is C25H42O2. The van der Waals surface area contributed by atoms with Crippen LogP contribution >= 0.6 is 0 Å². The van der Waals surface area contributed by atoms with Crippen molar-refractivity contribution < 1.29 is 10.2 Å². The van der Waals surface area contributed by atoms with E-state index >= 15 is 0 Å². The van der Waals surface area contributed by atoms with Gasteiger partial charge in [-0.25, -0.2) is 0 Å². The largest absolute Gasteiger partial charge is 0.504 e. The fraction of sp³-hybridized carbons (Fsp3) is 0.760. The lowest BCUT2D eigenvalue weighted by Gasteiger charge is -2.17. The summed E-state index contributed by atoms with van der Waals surface area (Å²) in [5.41, 5.74) is 3.31. The zero-order valence-corrected chi connectivity index (χ0v) is 18.2. The second-order valence-electron chi connectivity index (χ2n) is 10.4. The Morgan fingerprint density at radius 1 is 0.852 bits per heavy atom. The first-order valence-electron chi connectivity index (χ1n) is 11.2. The highest BCUT2D eigenvalue weighted by atomic mass is 16.3. The zero-order chi connectivity index (χ0) is 19.9. The molecule has 1 saturated carbocycles. The molecule has 1 aromatic carbocycles. The van der Waals surface area contributed by atoms with Gasteiger partial charge in [0.05, 0.1) is 0 Å². The molecule has 1 aliphatic carbocycles. The molecule has 0 radical (unpaired) electrons. The zero-order valence-electron chi connectivity index (χ0n) is 18.2. The van der Waals surface area contributed by atoms with Crippen molar-refractivity contribution in [3.05, 3.63) is 23.3 Å². The summed E-state index contributed by atoms with van der Waals surface area (Å²) < 4.78 is 0. The van der Waals surface area contributed by atoms with E-state index in [1.165, 1.54) is 69.8 Å². The fourth-order valence-electron chi connectivity index (χ4n) is 4.00. The molecule has 0 amide bonds. The Hall–Kier alpha value is -1.18. The van der Waals surface area contributed by atoms with Gasteiger partial charge in [-0.05, 0) is 73.8 Å². The molecule has 154 valence electrons. The number of unbranched alkanes of at least 4 members (excludes halogenated alkanes) is 5. The topological polar surface area (TPSA) is 40.5 Å². The number of hydrogen-bond acceptors (Lipinski definition) is 2. The number of rotatable bonds is 12. The van der Waals surface area contributed by atoms with Crippen LogP contribution in [0.4, 0.5) is 0 Å². The predicted octanol–water partition coefficient (Wildman–Crippen LogP) is 7.54. The van der Waals surface area contributed by atoms with Gasteiger partial charge < -0.3 is 10.2 Å². The monoisotopic (exact) mass is 374 g/mol. The van der Waals surface area contributed by atoms with E-state index in [1.54, 1.807) is 6.07 Å². The van der Waals surface area contributed by atoms with Crippen molar-refractivity contribution in [2.24, 2.45) is 10.8 Å². The Kier molecular flexibility index (Phi) is 8.06. The highest BCUT2D eigenvalue weighted by molar-refractivity contribution is 5.49. The highest BCUT2D eigenvalue weighted by Crippen LogP contribution is 2.49. The molecule has 2 nitrogen and oxygen atoms in total. The summed E-state index contributed by atoms with van der Waals surface area (Å²) in [5.74, 6) is 0.149. The van der Waals surface area contributed by atoms with Gasteiger partial charge in [-0.2, -0.15) is 0 Å². The van der Waals surface area contributed by atoms with Gasteiger partial charge in [-0.15, -0.1) is 0 Å². The van der Waals surface area contributed by atoms with Crippen LogP contribution in [0.15, 0.2) is 12.1 Å². The maximum atomic E-state index is 10.4. The molecule has 0 aliphatic heterocycles. The second kappa shape index (κ2) is 9.85. The smallest absolute Gasteiger partial charge is 0.160 e. The van der Waals surface area contributed by atoms with Crippen molar-refractivity contribution in [2.75, 3.05) is 0 Å². The van der Waals surface area contributed by atoms with E-state index < -0.39 is 0 Å². The molecule has 2 rings (SSSR count). The van der Waals surface area contributed by atoms with Gasteiger partial charge in [0, 0.05) is 5.56 Å². The number of phenolic OH excluding ortho intramolecular Hbond substituents is 2. The van der Waals surface area contributed by atoms with E-state index in [-0.39, 0.29) is 11.5 Å². The Labute approximate surface area is 167 Å². The summed E-state index contributed by atoms with van der Waals surface area (Å²) in [6.07, 6.45) is 16.0. The summed E-state index contributed by atoms with van der Waals surface area (Å²) in [6.45, 7) is 9.31. The summed E-state index contributed by atoms with van der Waals surface area (Å²) in [4.78, 5) is 0. The van der Waals surface area contributed by atoms with Crippen LogP contribution in [0.2, 0.25) is 0 Å². The normalized spacial score (nSPS) is 15.9. The summed E-state index contributed by atoms with van der Waals surface area (Å²) >= 11 is 0. The third-order valence-corrected chi connectivity index (χ3v) is 6.29. The van der Waals surface area contributed by atoms with Gasteiger partial charge in [0.2, 0.25) is 0 Å². The number of phenols is 2. The van der Waals surface area contributed by atoms with Crippen LogP contribution in [-0.2, 0) is 12.8 Å². The quantitative estimate of drug-likeness (QED) is 0.293. The minimum absolute atomic E-state index is 0.0307. The van der Waals surface area contributed by atoms with Gasteiger partial charge in [-0.3, -0.25) is 0 Å². The number of benzene rings is 1. The van der Waals surface area contributed by atoms with Crippen LogP contribution < -0.4 is 0 Å². The SMILES string of the molecule is CC(C)(C)CCCCCCc1c(CCCCCC2(C)CC2)ccc(O)c1O. The first kappa shape index (κ1) is 22.1. The van der Waals surface area contributed by atoms with Crippen molar-refractivity contribution in [1.82, 2.24) is 0 Å². The van der Waals surface area contributed by atoms with Crippen molar-refractivity contribution in [3.63, 3.8) is 0 Å². The number of aryl methyl sites for hydroxylation is 1. The van der Waals surface area contributed by atoms with Gasteiger partial charge in [0.1, 0.15) is 0 Å². The fourth-order valence-corrected chi connectivity index (χ4v) is 4.00. The van der Waals surface area contributed by atoms with Crippen LogP contribution in [-0.4, -0.2) is 10.2 Å². The van der Waals surface area contributed by atoms with E-state index in [9.17, 15) is 10.2 Å². The van der Waals surface area contributed by atoms with Crippen molar-refractivity contribution in [2.45, 2.75) is 111 Å². The average Bonchev–Trinajstić information content (AvgIpc) is 3.32. The van der Waals surface area contributed by atoms with Crippen LogP contribution in [0, 0.1) is 10.8 Å². The molecule has 27 heavy (non-hydrogen) atoms. The first-order valence-corrected chi connectivity index (χ1v) is 11.2. The van der Waals surface area contributed by atoms with Crippen molar-refractivity contribution in [3.8, 4) is 11.5 Å². The van der Waals surface area contributed by atoms with Crippen LogP contribution in [0.5, 0.6) is 11.5 Å². The molecular weight excluding hydrogens is 332 g/mol. The number of aromatic hydroxyl groups is 2. The lowest BCUT2D eigenvalue weighted by atomic mass is 9.89. The Bertz CT molecular complexity index is 579. The van der Waals surface area contributed by atoms with Crippen molar-refractivity contribution >= 4 is 0 Å². The predicted molar refractivity (Wildman–Crippen MR) is 116 cm³/mol. The summed E-state index contributed by atoms with van der Waals surface area (Å²) in [5, 5.41) is 20.3. The van der Waals surface area contributed by atoms with Gasteiger partial charge in [-0.1, -0.05) is 65.9 Å². The van der Waals surface area contributed by atoms with Crippen LogP contribution in [0.1, 0.15) is 109 Å². The lowest BCUT2D eigenvalue weighted by Crippen LogP contribution is -2.04. The van der Waals surface area contributed by atoms with Crippen molar-refractivity contribution in [1.29, 1.82) is 0 Å². The minimum atomic E-state index is 0.0307. The highest BCUT2D eigenvalue weighted by Gasteiger charge is 2.35. The summed E-state index contributed by atoms with van der Waals surface area (Å²) in [7, 11) is 0. The molecule has 2 N–H and O–H groups in total. The molecule has 1 fully saturated rings. The maximum absolute atomic E-state index is 10.4. The Morgan fingerprint density at radius 3 is 2.15 bits per heavy atom. The van der Waals surface area contributed by atoms with E-state index in [1.807, 2.05) is 6.07 Å². The Balaban J connectivity index is 1.75. The molecule has 0 bridgehead atoms. The first-order chi connectivity index (χ1) is 12.7. The Morgan fingerprint density at radius 2 is 1.48 bits per heavy atom. The average molecular weight is 375 g/mol. The molecule has 0 unspecified atom stereocenters. The van der Waals surface area contributed by atoms with E-state index in [4.69, 9.17) is 0 Å². The molecule has 0 aromatic heterocycles. The molecule has 0 saturated heterocycles. The standard InChI is InChI=1S/C25H42O2/c1-24(2,3)16-10-6-5-9-13-21-20(14-15-22(26)23(21)27)12-8-7-11-17-25(4)18-19-25/h14-15,26-27H,5-13,16-19H2,1-4H3. The maximum Gasteiger partial charge on any atom is 0.160 e. The summed E-state index contributed by atoms with van der Waals surface area (Å²) in [6, 6.07) is 3.68. The van der Waals surface area contributed by atoms with E-state index in [0.717, 1.165) is 24.8 Å². The van der Waals surface area contributed by atoms with Gasteiger partial charge in [0.15, 0.2) is 11.5 Å². The van der Waals surface area contributed by atoms with Gasteiger partial charge >= 0.3 is 0 Å². The third-order valence-electron chi connectivity index (χ3n) is 6.29. The third kappa shape index (κ3) is 8.15. The minimum Gasteiger partial charge on any atom is -0.504 e. The molecule has 2 heteroatoms. The molecule has 0 heterocycles. The molecule has 0 atom stereocenters. The number of hydrogen-bond donors (Lipinski definition) is 2. The van der Waals surface area contributed by atoms with E-state index in [2.05, 4.69) is 27.7 Å². The second-order valence-corrected chi connectivity index (χ2v) is 10.4. The van der Waals surface area contributed by atoms with E-state index in [0.29, 0.717) is 10.8 Å². The molecule has 0 spiro atoms. The van der Waals surface area contributed by atoms with Crippen LogP contribution in [0.25, 0.3) is 0 Å². The molecule has 1 aromatic rings.